The number of sulfonamides is 1. The summed E-state index contributed by atoms with van der Waals surface area (Å²) in [5.41, 5.74) is 4.03. The molecule has 0 spiro atoms. The Morgan fingerprint density at radius 1 is 1.11 bits per heavy atom. The summed E-state index contributed by atoms with van der Waals surface area (Å²) >= 11 is 0. The minimum atomic E-state index is -3.84. The first-order chi connectivity index (χ1) is 13.4. The van der Waals surface area contributed by atoms with Crippen molar-refractivity contribution >= 4 is 33.2 Å². The fourth-order valence-corrected chi connectivity index (χ4v) is 3.90. The van der Waals surface area contributed by atoms with E-state index in [9.17, 15) is 18.0 Å². The summed E-state index contributed by atoms with van der Waals surface area (Å²) < 4.78 is 27.1. The van der Waals surface area contributed by atoms with Crippen molar-refractivity contribution in [1.29, 1.82) is 0 Å². The minimum Gasteiger partial charge on any atom is -0.312 e. The third kappa shape index (κ3) is 4.68. The smallest absolute Gasteiger partial charge is 0.253 e. The monoisotopic (exact) mass is 402 g/mol. The van der Waals surface area contributed by atoms with Gasteiger partial charge >= 0.3 is 0 Å². The van der Waals surface area contributed by atoms with Gasteiger partial charge in [-0.05, 0) is 42.8 Å². The number of rotatable bonds is 7. The van der Waals surface area contributed by atoms with Crippen LogP contribution in [0, 0.1) is 0 Å². The average molecular weight is 402 g/mol. The van der Waals surface area contributed by atoms with Crippen molar-refractivity contribution in [3.63, 3.8) is 0 Å². The molecule has 9 heteroatoms. The molecule has 2 amide bonds. The molecule has 2 aromatic rings. The first kappa shape index (κ1) is 19.8. The number of benzene rings is 2. The van der Waals surface area contributed by atoms with Gasteiger partial charge in [0, 0.05) is 25.7 Å². The highest BCUT2D eigenvalue weighted by atomic mass is 32.2. The molecule has 0 unspecified atom stereocenters. The van der Waals surface area contributed by atoms with E-state index in [2.05, 4.69) is 10.1 Å². The third-order valence-corrected chi connectivity index (χ3v) is 5.81. The Morgan fingerprint density at radius 2 is 1.79 bits per heavy atom. The zero-order chi connectivity index (χ0) is 20.1. The molecule has 28 heavy (non-hydrogen) atoms. The second kappa shape index (κ2) is 8.41. The van der Waals surface area contributed by atoms with E-state index >= 15 is 0 Å². The standard InChI is InChI=1S/C19H22N4O4S/c1-22(15-6-3-2-4-7-15)21-18(24)14-20-28(26,27)17-11-9-16(10-12-17)23-13-5-8-19(23)25/h2-4,6-7,9-12,20H,5,8,13-14H2,1H3,(H,21,24). The van der Waals surface area contributed by atoms with Crippen molar-refractivity contribution in [3.8, 4) is 0 Å². The third-order valence-electron chi connectivity index (χ3n) is 4.39. The number of hydrogen-bond acceptors (Lipinski definition) is 5. The predicted octanol–water partition coefficient (Wildman–Crippen LogP) is 1.26. The fourth-order valence-electron chi connectivity index (χ4n) is 2.91. The van der Waals surface area contributed by atoms with Crippen molar-refractivity contribution in [2.45, 2.75) is 17.7 Å². The lowest BCUT2D eigenvalue weighted by Crippen LogP contribution is -2.44. The number of carbonyl (C=O) groups excluding carboxylic acids is 2. The van der Waals surface area contributed by atoms with Gasteiger partial charge in [-0.15, -0.1) is 0 Å². The van der Waals surface area contributed by atoms with Gasteiger partial charge in [-0.2, -0.15) is 0 Å². The summed E-state index contributed by atoms with van der Waals surface area (Å²) in [4.78, 5) is 25.5. The molecule has 1 aliphatic heterocycles. The minimum absolute atomic E-state index is 0.0344. The van der Waals surface area contributed by atoms with Crippen LogP contribution < -0.4 is 20.1 Å². The van der Waals surface area contributed by atoms with E-state index in [1.54, 1.807) is 24.1 Å². The van der Waals surface area contributed by atoms with Gasteiger partial charge in [0.15, 0.2) is 0 Å². The number of hydrogen-bond donors (Lipinski definition) is 2. The Morgan fingerprint density at radius 3 is 2.39 bits per heavy atom. The lowest BCUT2D eigenvalue weighted by molar-refractivity contribution is -0.120. The second-order valence-corrected chi connectivity index (χ2v) is 8.16. The number of nitrogens with zero attached hydrogens (tertiary/aromatic N) is 2. The van der Waals surface area contributed by atoms with Crippen LogP contribution in [0.4, 0.5) is 11.4 Å². The topological polar surface area (TPSA) is 98.8 Å². The molecule has 3 rings (SSSR count). The Hall–Kier alpha value is -2.91. The van der Waals surface area contributed by atoms with Crippen LogP contribution in [0.15, 0.2) is 59.5 Å². The maximum Gasteiger partial charge on any atom is 0.253 e. The summed E-state index contributed by atoms with van der Waals surface area (Å²) in [6.45, 7) is 0.240. The Bertz CT molecular complexity index is 946. The molecule has 8 nitrogen and oxygen atoms in total. The maximum atomic E-state index is 12.4. The summed E-state index contributed by atoms with van der Waals surface area (Å²) in [7, 11) is -2.18. The van der Waals surface area contributed by atoms with E-state index in [-0.39, 0.29) is 10.8 Å². The molecule has 1 aliphatic rings. The molecule has 1 heterocycles. The van der Waals surface area contributed by atoms with E-state index in [1.807, 2.05) is 30.3 Å². The molecule has 0 aliphatic carbocycles. The van der Waals surface area contributed by atoms with Crippen LogP contribution in [0.1, 0.15) is 12.8 Å². The van der Waals surface area contributed by atoms with Gasteiger partial charge in [0.05, 0.1) is 17.1 Å². The first-order valence-electron chi connectivity index (χ1n) is 8.85. The summed E-state index contributed by atoms with van der Waals surface area (Å²) in [6, 6.07) is 15.2. The van der Waals surface area contributed by atoms with Gasteiger partial charge in [-0.3, -0.25) is 20.0 Å². The Balaban J connectivity index is 1.57. The summed E-state index contributed by atoms with van der Waals surface area (Å²) in [5.74, 6) is -0.456. The lowest BCUT2D eigenvalue weighted by Gasteiger charge is -2.20. The van der Waals surface area contributed by atoms with Crippen LogP contribution in [0.5, 0.6) is 0 Å². The lowest BCUT2D eigenvalue weighted by atomic mass is 10.3. The van der Waals surface area contributed by atoms with Gasteiger partial charge in [0.1, 0.15) is 0 Å². The van der Waals surface area contributed by atoms with E-state index in [1.165, 1.54) is 17.1 Å². The normalized spacial score (nSPS) is 14.2. The zero-order valence-corrected chi connectivity index (χ0v) is 16.3. The molecule has 2 N–H and O–H groups in total. The van der Waals surface area contributed by atoms with E-state index in [0.717, 1.165) is 12.1 Å². The Labute approximate surface area is 164 Å². The molecule has 0 bridgehead atoms. The highest BCUT2D eigenvalue weighted by Crippen LogP contribution is 2.22. The summed E-state index contributed by atoms with van der Waals surface area (Å²) in [6.07, 6.45) is 1.31. The molecule has 0 radical (unpaired) electrons. The quantitative estimate of drug-likeness (QED) is 0.680. The van der Waals surface area contributed by atoms with Crippen LogP contribution in [-0.4, -0.2) is 40.4 Å². The van der Waals surface area contributed by atoms with Crippen molar-refractivity contribution in [2.75, 3.05) is 30.0 Å². The molecule has 2 aromatic carbocycles. The van der Waals surface area contributed by atoms with Crippen LogP contribution in [0.3, 0.4) is 0 Å². The number of anilines is 2. The highest BCUT2D eigenvalue weighted by Gasteiger charge is 2.22. The molecule has 0 atom stereocenters. The largest absolute Gasteiger partial charge is 0.312 e. The molecule has 0 saturated carbocycles. The van der Waals surface area contributed by atoms with Gasteiger partial charge in [0.2, 0.25) is 15.9 Å². The van der Waals surface area contributed by atoms with Crippen molar-refractivity contribution < 1.29 is 18.0 Å². The summed E-state index contributed by atoms with van der Waals surface area (Å²) in [5, 5.41) is 1.51. The first-order valence-corrected chi connectivity index (χ1v) is 10.3. The molecule has 1 saturated heterocycles. The molecule has 148 valence electrons. The van der Waals surface area contributed by atoms with Crippen LogP contribution >= 0.6 is 0 Å². The second-order valence-electron chi connectivity index (χ2n) is 6.40. The van der Waals surface area contributed by atoms with Gasteiger partial charge in [0.25, 0.3) is 5.91 Å². The Kier molecular flexibility index (Phi) is 5.96. The maximum absolute atomic E-state index is 12.4. The molecular formula is C19H22N4O4S. The number of nitrogens with one attached hydrogen (secondary N) is 2. The fraction of sp³-hybridized carbons (Fsp3) is 0.263. The van der Waals surface area contributed by atoms with Crippen molar-refractivity contribution in [2.24, 2.45) is 0 Å². The van der Waals surface area contributed by atoms with E-state index in [4.69, 9.17) is 0 Å². The zero-order valence-electron chi connectivity index (χ0n) is 15.5. The van der Waals surface area contributed by atoms with Crippen LogP contribution in [0.25, 0.3) is 0 Å². The number of hydrazine groups is 1. The van der Waals surface area contributed by atoms with Gasteiger partial charge in [-0.25, -0.2) is 13.1 Å². The number of carbonyl (C=O) groups is 2. The number of amides is 2. The van der Waals surface area contributed by atoms with Gasteiger partial charge < -0.3 is 4.90 Å². The highest BCUT2D eigenvalue weighted by molar-refractivity contribution is 7.89. The average Bonchev–Trinajstić information content (AvgIpc) is 3.13. The van der Waals surface area contributed by atoms with E-state index < -0.39 is 22.5 Å². The SMILES string of the molecule is CN(NC(=O)CNS(=O)(=O)c1ccc(N2CCCC2=O)cc1)c1ccccc1. The van der Waals surface area contributed by atoms with Crippen molar-refractivity contribution in [3.05, 3.63) is 54.6 Å². The predicted molar refractivity (Wildman–Crippen MR) is 106 cm³/mol. The molecule has 1 fully saturated rings. The van der Waals surface area contributed by atoms with Crippen LogP contribution in [0.2, 0.25) is 0 Å². The van der Waals surface area contributed by atoms with E-state index in [0.29, 0.717) is 18.7 Å². The number of para-hydroxylation sites is 1. The van der Waals surface area contributed by atoms with Gasteiger partial charge in [-0.1, -0.05) is 18.2 Å². The van der Waals surface area contributed by atoms with Crippen molar-refractivity contribution in [1.82, 2.24) is 10.1 Å². The molecule has 0 aromatic heterocycles. The van der Waals surface area contributed by atoms with Crippen LogP contribution in [-0.2, 0) is 19.6 Å². The molecular weight excluding hydrogens is 380 g/mol.